The molecule has 1 N–H and O–H groups in total. The Bertz CT molecular complexity index is 1410. The van der Waals surface area contributed by atoms with Gasteiger partial charge in [-0.1, -0.05) is 12.1 Å². The fourth-order valence-corrected chi connectivity index (χ4v) is 5.84. The summed E-state index contributed by atoms with van der Waals surface area (Å²) in [6.07, 6.45) is 3.38. The van der Waals surface area contributed by atoms with Crippen LogP contribution in [-0.2, 0) is 11.3 Å². The Morgan fingerprint density at radius 3 is 2.68 bits per heavy atom. The predicted octanol–water partition coefficient (Wildman–Crippen LogP) is 4.18. The smallest absolute Gasteiger partial charge is 0.257 e. The molecule has 2 amide bonds. The zero-order valence-electron chi connectivity index (χ0n) is 24.3. The van der Waals surface area contributed by atoms with Gasteiger partial charge in [-0.3, -0.25) is 9.59 Å². The number of aliphatic hydroxyl groups excluding tert-OH is 1. The van der Waals surface area contributed by atoms with Crippen LogP contribution in [0.1, 0.15) is 53.6 Å². The Hall–Kier alpha value is -3.85. The number of anilines is 1. The number of nitrogens with zero attached hydrogens (tertiary/aromatic N) is 4. The Balaban J connectivity index is 1.50. The minimum Gasteiger partial charge on any atom is -0.497 e. The summed E-state index contributed by atoms with van der Waals surface area (Å²) in [7, 11) is 3.12. The van der Waals surface area contributed by atoms with Crippen molar-refractivity contribution in [2.24, 2.45) is 0 Å². The molecule has 1 unspecified atom stereocenters. The number of β-amino-alcohol motifs (C(OH)–C–C–N with tert-alkyl or cyclic N) is 1. The van der Waals surface area contributed by atoms with Gasteiger partial charge >= 0.3 is 0 Å². The van der Waals surface area contributed by atoms with E-state index >= 15 is 0 Å². The third-order valence-electron chi connectivity index (χ3n) is 8.04. The molecule has 218 valence electrons. The molecule has 5 rings (SSSR count). The van der Waals surface area contributed by atoms with Crippen LogP contribution in [0.3, 0.4) is 0 Å². The van der Waals surface area contributed by atoms with Crippen molar-refractivity contribution in [3.63, 3.8) is 0 Å². The molecule has 0 bridgehead atoms. The maximum absolute atomic E-state index is 14.1. The first-order valence-corrected chi connectivity index (χ1v) is 14.5. The average molecular weight is 561 g/mol. The molecule has 1 aromatic heterocycles. The SMILES string of the molecule is COc1ccc(C(=O)N(CCCN2CCCC2=O)Cc2cc3ccc(C)cc3nc2N2CCCC(O)C2)c(OC)c1. The number of ether oxygens (including phenoxy) is 2. The number of hydrogen-bond donors (Lipinski definition) is 1. The lowest BCUT2D eigenvalue weighted by atomic mass is 10.0. The third kappa shape index (κ3) is 6.56. The van der Waals surface area contributed by atoms with E-state index in [2.05, 4.69) is 29.2 Å². The number of amides is 2. The lowest BCUT2D eigenvalue weighted by molar-refractivity contribution is -0.127. The highest BCUT2D eigenvalue weighted by molar-refractivity contribution is 5.97. The highest BCUT2D eigenvalue weighted by atomic mass is 16.5. The minimum absolute atomic E-state index is 0.161. The van der Waals surface area contributed by atoms with E-state index in [4.69, 9.17) is 14.5 Å². The molecule has 0 aliphatic carbocycles. The number of rotatable bonds is 10. The first kappa shape index (κ1) is 28.7. The molecular formula is C32H40N4O5. The normalized spacial score (nSPS) is 17.3. The van der Waals surface area contributed by atoms with E-state index in [1.165, 1.54) is 0 Å². The molecule has 2 aliphatic heterocycles. The molecule has 2 saturated heterocycles. The number of piperidine rings is 1. The van der Waals surface area contributed by atoms with Gasteiger partial charge in [0.05, 0.1) is 31.4 Å². The summed E-state index contributed by atoms with van der Waals surface area (Å²) in [5, 5.41) is 11.5. The van der Waals surface area contributed by atoms with Crippen LogP contribution < -0.4 is 14.4 Å². The van der Waals surface area contributed by atoms with Crippen LogP contribution in [0.15, 0.2) is 42.5 Å². The Morgan fingerprint density at radius 1 is 1.10 bits per heavy atom. The second-order valence-corrected chi connectivity index (χ2v) is 11.0. The van der Waals surface area contributed by atoms with Crippen LogP contribution in [0.5, 0.6) is 11.5 Å². The first-order valence-electron chi connectivity index (χ1n) is 14.5. The van der Waals surface area contributed by atoms with Gasteiger partial charge in [0.25, 0.3) is 5.91 Å². The molecule has 2 fully saturated rings. The summed E-state index contributed by atoms with van der Waals surface area (Å²) in [6.45, 7) is 5.54. The number of aliphatic hydroxyl groups is 1. The molecule has 3 aromatic rings. The van der Waals surface area contributed by atoms with Crippen molar-refractivity contribution in [1.82, 2.24) is 14.8 Å². The second-order valence-electron chi connectivity index (χ2n) is 11.0. The standard InChI is InChI=1S/C32H40N4O5/c1-22-9-10-23-18-24(31(33-28(23)17-22)35-14-4-7-25(37)21-35)20-36(16-6-15-34-13-5-8-30(34)38)32(39)27-12-11-26(40-2)19-29(27)41-3/h9-12,17-19,25,37H,4-8,13-16,20-21H2,1-3H3. The number of methoxy groups -OCH3 is 2. The van der Waals surface area contributed by atoms with Crippen molar-refractivity contribution in [2.75, 3.05) is 51.8 Å². The fraction of sp³-hybridized carbons (Fsp3) is 0.469. The Kier molecular flexibility index (Phi) is 8.93. The number of hydrogen-bond acceptors (Lipinski definition) is 7. The van der Waals surface area contributed by atoms with Crippen molar-refractivity contribution in [3.05, 3.63) is 59.2 Å². The van der Waals surface area contributed by atoms with Gasteiger partial charge in [-0.15, -0.1) is 0 Å². The molecule has 2 aromatic carbocycles. The molecule has 41 heavy (non-hydrogen) atoms. The van der Waals surface area contributed by atoms with Crippen molar-refractivity contribution in [3.8, 4) is 11.5 Å². The van der Waals surface area contributed by atoms with Crippen LogP contribution >= 0.6 is 0 Å². The van der Waals surface area contributed by atoms with E-state index in [0.717, 1.165) is 60.2 Å². The van der Waals surface area contributed by atoms with Gasteiger partial charge in [0.1, 0.15) is 17.3 Å². The third-order valence-corrected chi connectivity index (χ3v) is 8.04. The van der Waals surface area contributed by atoms with Gasteiger partial charge in [0.15, 0.2) is 0 Å². The van der Waals surface area contributed by atoms with E-state index in [9.17, 15) is 14.7 Å². The van der Waals surface area contributed by atoms with E-state index in [0.29, 0.717) is 56.1 Å². The minimum atomic E-state index is -0.411. The topological polar surface area (TPSA) is 95.4 Å². The van der Waals surface area contributed by atoms with Gasteiger partial charge in [0.2, 0.25) is 5.91 Å². The van der Waals surface area contributed by atoms with Crippen LogP contribution in [0.2, 0.25) is 0 Å². The lowest BCUT2D eigenvalue weighted by Crippen LogP contribution is -2.40. The fourth-order valence-electron chi connectivity index (χ4n) is 5.84. The highest BCUT2D eigenvalue weighted by Gasteiger charge is 2.27. The number of benzene rings is 2. The number of aromatic nitrogens is 1. The molecule has 1 atom stereocenters. The van der Waals surface area contributed by atoms with Gasteiger partial charge in [-0.25, -0.2) is 4.98 Å². The zero-order chi connectivity index (χ0) is 28.9. The summed E-state index contributed by atoms with van der Waals surface area (Å²) in [5.41, 5.74) is 3.40. The summed E-state index contributed by atoms with van der Waals surface area (Å²) in [4.78, 5) is 37.3. The number of carbonyl (C=O) groups excluding carboxylic acids is 2. The van der Waals surface area contributed by atoms with Crippen LogP contribution in [0.4, 0.5) is 5.82 Å². The molecular weight excluding hydrogens is 520 g/mol. The maximum atomic E-state index is 14.1. The highest BCUT2D eigenvalue weighted by Crippen LogP contribution is 2.30. The van der Waals surface area contributed by atoms with E-state index < -0.39 is 6.10 Å². The summed E-state index contributed by atoms with van der Waals surface area (Å²) < 4.78 is 10.9. The zero-order valence-corrected chi connectivity index (χ0v) is 24.3. The summed E-state index contributed by atoms with van der Waals surface area (Å²) >= 11 is 0. The van der Waals surface area contributed by atoms with Crippen LogP contribution in [0, 0.1) is 6.92 Å². The van der Waals surface area contributed by atoms with Gasteiger partial charge in [0, 0.05) is 62.7 Å². The van der Waals surface area contributed by atoms with Crippen molar-refractivity contribution in [1.29, 1.82) is 0 Å². The summed E-state index contributed by atoms with van der Waals surface area (Å²) in [6, 6.07) is 13.5. The number of carbonyl (C=O) groups is 2. The lowest BCUT2D eigenvalue weighted by Gasteiger charge is -2.34. The van der Waals surface area contributed by atoms with Crippen LogP contribution in [0.25, 0.3) is 10.9 Å². The van der Waals surface area contributed by atoms with Crippen LogP contribution in [-0.4, -0.2) is 84.8 Å². The maximum Gasteiger partial charge on any atom is 0.257 e. The predicted molar refractivity (Wildman–Crippen MR) is 159 cm³/mol. The van der Waals surface area contributed by atoms with Gasteiger partial charge in [-0.05, 0) is 62.4 Å². The van der Waals surface area contributed by atoms with E-state index in [1.54, 1.807) is 32.4 Å². The quantitative estimate of drug-likeness (QED) is 0.398. The molecule has 9 nitrogen and oxygen atoms in total. The Labute approximate surface area is 241 Å². The largest absolute Gasteiger partial charge is 0.497 e. The number of fused-ring (bicyclic) bond motifs is 1. The molecule has 2 aliphatic rings. The molecule has 0 spiro atoms. The van der Waals surface area contributed by atoms with Gasteiger partial charge in [-0.2, -0.15) is 0 Å². The molecule has 0 radical (unpaired) electrons. The van der Waals surface area contributed by atoms with E-state index in [-0.39, 0.29) is 11.8 Å². The molecule has 9 heteroatoms. The van der Waals surface area contributed by atoms with Crippen molar-refractivity contribution in [2.45, 2.75) is 51.7 Å². The van der Waals surface area contributed by atoms with E-state index in [1.807, 2.05) is 16.7 Å². The number of pyridine rings is 1. The molecule has 0 saturated carbocycles. The monoisotopic (exact) mass is 560 g/mol. The Morgan fingerprint density at radius 2 is 1.95 bits per heavy atom. The second kappa shape index (κ2) is 12.8. The van der Waals surface area contributed by atoms with Crippen molar-refractivity contribution >= 4 is 28.5 Å². The first-order chi connectivity index (χ1) is 19.9. The molecule has 3 heterocycles. The van der Waals surface area contributed by atoms with Gasteiger partial charge < -0.3 is 29.3 Å². The number of likely N-dealkylation sites (tertiary alicyclic amines) is 1. The number of aryl methyl sites for hydroxylation is 1. The summed E-state index contributed by atoms with van der Waals surface area (Å²) in [5.74, 6) is 1.87. The van der Waals surface area contributed by atoms with Crippen molar-refractivity contribution < 1.29 is 24.2 Å². The average Bonchev–Trinajstić information content (AvgIpc) is 3.39.